The van der Waals surface area contributed by atoms with E-state index in [0.717, 1.165) is 11.6 Å². The number of anilines is 1. The summed E-state index contributed by atoms with van der Waals surface area (Å²) in [6.07, 6.45) is 2.26. The molecular formula is C21H17Cl2FN4O2S. The van der Waals surface area contributed by atoms with Crippen LogP contribution < -0.4 is 10.0 Å². The first-order valence-corrected chi connectivity index (χ1v) is 11.6. The molecule has 0 fully saturated rings. The van der Waals surface area contributed by atoms with E-state index >= 15 is 0 Å². The van der Waals surface area contributed by atoms with E-state index in [-0.39, 0.29) is 35.1 Å². The van der Waals surface area contributed by atoms with Crippen LogP contribution >= 0.6 is 23.2 Å². The molecule has 1 aromatic heterocycles. The zero-order chi connectivity index (χ0) is 22.0. The van der Waals surface area contributed by atoms with E-state index < -0.39 is 15.8 Å². The van der Waals surface area contributed by atoms with Crippen LogP contribution in [0, 0.1) is 5.82 Å². The zero-order valence-corrected chi connectivity index (χ0v) is 18.4. The Morgan fingerprint density at radius 3 is 2.55 bits per heavy atom. The monoisotopic (exact) mass is 478 g/mol. The highest BCUT2D eigenvalue weighted by Crippen LogP contribution is 2.32. The SMILES string of the molecule is O=S1(=O)NC(=NCc2ncccc2Cl)Nc2c1ccc(F)c2CCc1ccccc1Cl. The minimum atomic E-state index is -3.93. The Hall–Kier alpha value is -2.68. The van der Waals surface area contributed by atoms with E-state index in [0.29, 0.717) is 22.2 Å². The number of pyridine rings is 1. The van der Waals surface area contributed by atoms with Crippen LogP contribution in [-0.2, 0) is 29.4 Å². The first kappa shape index (κ1) is 21.5. The number of benzene rings is 2. The van der Waals surface area contributed by atoms with Crippen LogP contribution in [0.15, 0.2) is 64.6 Å². The summed E-state index contributed by atoms with van der Waals surface area (Å²) in [6.45, 7) is 0.0458. The first-order chi connectivity index (χ1) is 14.8. The number of hydrogen-bond donors (Lipinski definition) is 2. The van der Waals surface area contributed by atoms with Crippen molar-refractivity contribution in [3.63, 3.8) is 0 Å². The second-order valence-corrected chi connectivity index (χ2v) is 9.28. The first-order valence-electron chi connectivity index (χ1n) is 9.33. The number of aryl methyl sites for hydroxylation is 1. The fourth-order valence-corrected chi connectivity index (χ4v) is 4.84. The molecule has 0 bridgehead atoms. The lowest BCUT2D eigenvalue weighted by Gasteiger charge is -2.24. The summed E-state index contributed by atoms with van der Waals surface area (Å²) in [5.41, 5.74) is 1.74. The smallest absolute Gasteiger partial charge is 0.266 e. The number of hydrogen-bond acceptors (Lipinski definition) is 4. The second-order valence-electron chi connectivity index (χ2n) is 6.82. The predicted octanol–water partition coefficient (Wildman–Crippen LogP) is 4.57. The van der Waals surface area contributed by atoms with Gasteiger partial charge >= 0.3 is 0 Å². The summed E-state index contributed by atoms with van der Waals surface area (Å²) in [5, 5.41) is 3.91. The molecule has 0 unspecified atom stereocenters. The molecule has 0 amide bonds. The maximum Gasteiger partial charge on any atom is 0.266 e. The maximum absolute atomic E-state index is 14.7. The lowest BCUT2D eigenvalue weighted by Crippen LogP contribution is -2.41. The van der Waals surface area contributed by atoms with Gasteiger partial charge in [0, 0.05) is 16.8 Å². The van der Waals surface area contributed by atoms with Crippen molar-refractivity contribution in [2.24, 2.45) is 4.99 Å². The highest BCUT2D eigenvalue weighted by Gasteiger charge is 2.30. The standard InChI is InChI=1S/C21H17Cl2FN4O2S/c22-15-5-2-1-4-13(15)7-8-14-17(24)9-10-19-20(14)27-21(28-31(19,29)30)26-12-18-16(23)6-3-11-25-18/h1-6,9-11H,7-8,12H2,(H2,26,27,28). The summed E-state index contributed by atoms with van der Waals surface area (Å²) in [5.74, 6) is -0.540. The Bertz CT molecular complexity index is 1280. The Labute approximate surface area is 189 Å². The molecule has 0 atom stereocenters. The third-order valence-corrected chi connectivity index (χ3v) is 6.90. The molecule has 2 heterocycles. The van der Waals surface area contributed by atoms with Gasteiger partial charge in [0.15, 0.2) is 0 Å². The fourth-order valence-electron chi connectivity index (χ4n) is 3.25. The average molecular weight is 479 g/mol. The molecule has 2 N–H and O–H groups in total. The van der Waals surface area contributed by atoms with Gasteiger partial charge in [-0.25, -0.2) is 22.5 Å². The molecule has 2 aromatic carbocycles. The van der Waals surface area contributed by atoms with E-state index in [1.165, 1.54) is 6.07 Å². The summed E-state index contributed by atoms with van der Waals surface area (Å²) >= 11 is 12.3. The molecule has 160 valence electrons. The largest absolute Gasteiger partial charge is 0.324 e. The lowest BCUT2D eigenvalue weighted by atomic mass is 10.0. The normalized spacial score (nSPS) is 15.8. The van der Waals surface area contributed by atoms with Crippen LogP contribution in [0.3, 0.4) is 0 Å². The molecule has 1 aliphatic rings. The van der Waals surface area contributed by atoms with Gasteiger partial charge in [-0.2, -0.15) is 0 Å². The van der Waals surface area contributed by atoms with Gasteiger partial charge in [-0.1, -0.05) is 41.4 Å². The lowest BCUT2D eigenvalue weighted by molar-refractivity contribution is 0.588. The van der Waals surface area contributed by atoms with Crippen LogP contribution in [0.5, 0.6) is 0 Å². The number of nitrogens with one attached hydrogen (secondary N) is 2. The van der Waals surface area contributed by atoms with E-state index in [2.05, 4.69) is 20.0 Å². The average Bonchev–Trinajstić information content (AvgIpc) is 2.73. The summed E-state index contributed by atoms with van der Waals surface area (Å²) in [7, 11) is -3.93. The Morgan fingerprint density at radius 2 is 1.77 bits per heavy atom. The van der Waals surface area contributed by atoms with Crippen molar-refractivity contribution in [2.75, 3.05) is 5.32 Å². The van der Waals surface area contributed by atoms with Gasteiger partial charge in [0.1, 0.15) is 10.7 Å². The number of fused-ring (bicyclic) bond motifs is 1. The van der Waals surface area contributed by atoms with Gasteiger partial charge in [0.25, 0.3) is 10.0 Å². The topological polar surface area (TPSA) is 83.5 Å². The van der Waals surface area contributed by atoms with Crippen molar-refractivity contribution in [2.45, 2.75) is 24.3 Å². The number of aromatic nitrogens is 1. The van der Waals surface area contributed by atoms with Crippen LogP contribution in [0.1, 0.15) is 16.8 Å². The Morgan fingerprint density at radius 1 is 1.00 bits per heavy atom. The highest BCUT2D eigenvalue weighted by atomic mass is 35.5. The predicted molar refractivity (Wildman–Crippen MR) is 120 cm³/mol. The number of nitrogens with zero attached hydrogens (tertiary/aromatic N) is 2. The molecule has 0 spiro atoms. The van der Waals surface area contributed by atoms with Gasteiger partial charge in [0.05, 0.1) is 22.9 Å². The van der Waals surface area contributed by atoms with Crippen molar-refractivity contribution in [1.82, 2.24) is 9.71 Å². The summed E-state index contributed by atoms with van der Waals surface area (Å²) in [4.78, 5) is 8.32. The quantitative estimate of drug-likeness (QED) is 0.562. The number of halogens is 3. The van der Waals surface area contributed by atoms with Crippen molar-refractivity contribution in [3.05, 3.63) is 87.4 Å². The maximum atomic E-state index is 14.7. The Kier molecular flexibility index (Phi) is 6.13. The molecule has 6 nitrogen and oxygen atoms in total. The Balaban J connectivity index is 1.66. The molecule has 31 heavy (non-hydrogen) atoms. The second kappa shape index (κ2) is 8.82. The number of rotatable bonds is 5. The highest BCUT2D eigenvalue weighted by molar-refractivity contribution is 7.90. The third kappa shape index (κ3) is 4.66. The van der Waals surface area contributed by atoms with Crippen molar-refractivity contribution in [3.8, 4) is 0 Å². The van der Waals surface area contributed by atoms with Gasteiger partial charge in [-0.15, -0.1) is 0 Å². The van der Waals surface area contributed by atoms with Crippen molar-refractivity contribution in [1.29, 1.82) is 0 Å². The molecular weight excluding hydrogens is 462 g/mol. The van der Waals surface area contributed by atoms with Crippen LogP contribution in [0.4, 0.5) is 10.1 Å². The van der Waals surface area contributed by atoms with Crippen molar-refractivity contribution < 1.29 is 12.8 Å². The zero-order valence-electron chi connectivity index (χ0n) is 16.1. The van der Waals surface area contributed by atoms with E-state index in [1.807, 2.05) is 18.2 Å². The van der Waals surface area contributed by atoms with Gasteiger partial charge in [-0.05, 0) is 48.7 Å². The fraction of sp³-hybridized carbons (Fsp3) is 0.143. The molecule has 0 saturated carbocycles. The molecule has 0 radical (unpaired) electrons. The minimum absolute atomic E-state index is 0.0289. The molecule has 3 aromatic rings. The van der Waals surface area contributed by atoms with Crippen LogP contribution in [0.25, 0.3) is 0 Å². The summed E-state index contributed by atoms with van der Waals surface area (Å²) in [6, 6.07) is 13.0. The van der Waals surface area contributed by atoms with E-state index in [1.54, 1.807) is 24.4 Å². The molecule has 4 rings (SSSR count). The van der Waals surface area contributed by atoms with E-state index in [9.17, 15) is 12.8 Å². The van der Waals surface area contributed by atoms with Crippen LogP contribution in [-0.4, -0.2) is 19.4 Å². The molecule has 0 aliphatic carbocycles. The van der Waals surface area contributed by atoms with Crippen molar-refractivity contribution >= 4 is 44.9 Å². The summed E-state index contributed by atoms with van der Waals surface area (Å²) < 4.78 is 42.5. The molecule has 10 heteroatoms. The van der Waals surface area contributed by atoms with E-state index in [4.69, 9.17) is 23.2 Å². The van der Waals surface area contributed by atoms with Gasteiger partial charge in [-0.3, -0.25) is 4.98 Å². The van der Waals surface area contributed by atoms with Gasteiger partial charge in [0.2, 0.25) is 5.96 Å². The molecule has 1 aliphatic heterocycles. The minimum Gasteiger partial charge on any atom is -0.324 e. The number of sulfonamides is 1. The molecule has 0 saturated heterocycles. The third-order valence-electron chi connectivity index (χ3n) is 4.81. The van der Waals surface area contributed by atoms with Crippen LogP contribution in [0.2, 0.25) is 10.0 Å². The number of guanidine groups is 1. The van der Waals surface area contributed by atoms with Gasteiger partial charge < -0.3 is 5.32 Å². The number of aliphatic imine (C=N–C) groups is 1.